The molecule has 2 rings (SSSR count). The molecule has 0 amide bonds. The third-order valence-electron chi connectivity index (χ3n) is 3.02. The van der Waals surface area contributed by atoms with E-state index < -0.39 is 16.2 Å². The van der Waals surface area contributed by atoms with Gasteiger partial charge in [-0.1, -0.05) is 54.6 Å². The van der Waals surface area contributed by atoms with Crippen molar-refractivity contribution in [2.24, 2.45) is 5.73 Å². The Morgan fingerprint density at radius 3 is 2.00 bits per heavy atom. The molecule has 3 N–H and O–H groups in total. The number of benzene rings is 2. The zero-order valence-electron chi connectivity index (χ0n) is 13.5. The zero-order valence-corrected chi connectivity index (χ0v) is 14.4. The summed E-state index contributed by atoms with van der Waals surface area (Å²) in [4.78, 5) is 11.3. The van der Waals surface area contributed by atoms with Crippen molar-refractivity contribution in [1.82, 2.24) is 0 Å². The van der Waals surface area contributed by atoms with Gasteiger partial charge in [0, 0.05) is 0 Å². The van der Waals surface area contributed by atoms with Crippen molar-refractivity contribution in [2.45, 2.75) is 12.5 Å². The lowest BCUT2D eigenvalue weighted by molar-refractivity contribution is -0.142. The average Bonchev–Trinajstić information content (AvgIpc) is 2.54. The molecule has 0 saturated carbocycles. The number of carbonyl (C=O) groups is 1. The quantitative estimate of drug-likeness (QED) is 0.643. The van der Waals surface area contributed by atoms with Gasteiger partial charge in [0.2, 0.25) is 0 Å². The van der Waals surface area contributed by atoms with Crippen LogP contribution in [0, 0.1) is 0 Å². The highest BCUT2D eigenvalue weighted by molar-refractivity contribution is 7.85. The highest BCUT2D eigenvalue weighted by Crippen LogP contribution is 2.19. The number of ether oxygens (including phenoxy) is 1. The van der Waals surface area contributed by atoms with Crippen LogP contribution in [-0.2, 0) is 26.1 Å². The minimum absolute atomic E-state index is 0.382. The Morgan fingerprint density at radius 1 is 1.08 bits per heavy atom. The molecule has 6 nitrogen and oxygen atoms in total. The molecule has 24 heavy (non-hydrogen) atoms. The van der Waals surface area contributed by atoms with Crippen LogP contribution in [0.4, 0.5) is 0 Å². The lowest BCUT2D eigenvalue weighted by Gasteiger charge is -2.09. The first-order valence-corrected chi connectivity index (χ1v) is 8.95. The summed E-state index contributed by atoms with van der Waals surface area (Å²) in [5, 5.41) is 0. The molecular weight excluding hydrogens is 330 g/mol. The molecule has 0 bridgehead atoms. The monoisotopic (exact) mass is 351 g/mol. The van der Waals surface area contributed by atoms with Gasteiger partial charge < -0.3 is 10.5 Å². The largest absolute Gasteiger partial charge is 0.468 e. The van der Waals surface area contributed by atoms with E-state index in [4.69, 9.17) is 10.3 Å². The third kappa shape index (κ3) is 7.87. The normalized spacial score (nSPS) is 11.8. The maximum absolute atomic E-state index is 11.3. The number of nitrogens with two attached hydrogens (primary N) is 1. The summed E-state index contributed by atoms with van der Waals surface area (Å²) in [5.74, 6) is -0.382. The summed E-state index contributed by atoms with van der Waals surface area (Å²) in [6, 6.07) is 17.6. The third-order valence-corrected chi connectivity index (χ3v) is 3.02. The van der Waals surface area contributed by atoms with E-state index in [1.807, 2.05) is 42.5 Å². The Kier molecular flexibility index (Phi) is 7.57. The first-order valence-electron chi connectivity index (χ1n) is 7.11. The van der Waals surface area contributed by atoms with E-state index in [0.29, 0.717) is 12.7 Å². The molecular formula is C17H21NO5S. The molecule has 2 aromatic rings. The molecule has 0 radical (unpaired) electrons. The number of rotatable bonds is 4. The number of esters is 1. The Morgan fingerprint density at radius 2 is 1.54 bits per heavy atom. The van der Waals surface area contributed by atoms with E-state index in [1.54, 1.807) is 0 Å². The molecule has 130 valence electrons. The lowest BCUT2D eigenvalue weighted by Crippen LogP contribution is -2.33. The molecule has 0 aliphatic rings. The molecule has 0 unspecified atom stereocenters. The Labute approximate surface area is 142 Å². The summed E-state index contributed by atoms with van der Waals surface area (Å²) in [6.07, 6.45) is 1.20. The number of hydrogen-bond donors (Lipinski definition) is 2. The summed E-state index contributed by atoms with van der Waals surface area (Å²) < 4.78 is 30.5. The fourth-order valence-corrected chi connectivity index (χ4v) is 1.95. The van der Waals surface area contributed by atoms with Crippen LogP contribution in [-0.4, -0.2) is 38.3 Å². The van der Waals surface area contributed by atoms with Crippen molar-refractivity contribution in [3.8, 4) is 11.1 Å². The van der Waals surface area contributed by atoms with E-state index in [1.165, 1.54) is 12.7 Å². The van der Waals surface area contributed by atoms with E-state index >= 15 is 0 Å². The minimum Gasteiger partial charge on any atom is -0.468 e. The Hall–Kier alpha value is -2.22. The molecule has 0 spiro atoms. The van der Waals surface area contributed by atoms with Crippen LogP contribution >= 0.6 is 0 Å². The molecule has 0 heterocycles. The predicted octanol–water partition coefficient (Wildman–Crippen LogP) is 1.90. The van der Waals surface area contributed by atoms with Crippen molar-refractivity contribution in [3.05, 3.63) is 60.2 Å². The van der Waals surface area contributed by atoms with Gasteiger partial charge in [0.15, 0.2) is 0 Å². The van der Waals surface area contributed by atoms with Crippen LogP contribution in [0.2, 0.25) is 0 Å². The van der Waals surface area contributed by atoms with Gasteiger partial charge in [-0.25, -0.2) is 0 Å². The van der Waals surface area contributed by atoms with E-state index in [-0.39, 0.29) is 5.97 Å². The van der Waals surface area contributed by atoms with Crippen LogP contribution in [0.25, 0.3) is 11.1 Å². The Balaban J connectivity index is 0.000000505. The highest BCUT2D eigenvalue weighted by atomic mass is 32.2. The second-order valence-electron chi connectivity index (χ2n) is 5.13. The first kappa shape index (κ1) is 19.8. The van der Waals surface area contributed by atoms with E-state index in [2.05, 4.69) is 16.9 Å². The van der Waals surface area contributed by atoms with Crippen molar-refractivity contribution >= 4 is 16.1 Å². The maximum Gasteiger partial charge on any atom is 0.322 e. The first-order chi connectivity index (χ1) is 11.2. The summed E-state index contributed by atoms with van der Waals surface area (Å²) in [7, 11) is -2.32. The molecule has 0 aliphatic carbocycles. The second-order valence-corrected chi connectivity index (χ2v) is 6.60. The number of hydrogen-bond acceptors (Lipinski definition) is 5. The minimum atomic E-state index is -3.67. The van der Waals surface area contributed by atoms with Gasteiger partial charge in [-0.2, -0.15) is 8.42 Å². The van der Waals surface area contributed by atoms with Crippen LogP contribution in [0.15, 0.2) is 54.6 Å². The van der Waals surface area contributed by atoms with Crippen LogP contribution < -0.4 is 5.73 Å². The summed E-state index contributed by atoms with van der Waals surface area (Å²) >= 11 is 0. The average molecular weight is 351 g/mol. The summed E-state index contributed by atoms with van der Waals surface area (Å²) in [6.45, 7) is 0. The molecule has 1 atom stereocenters. The molecule has 2 aromatic carbocycles. The van der Waals surface area contributed by atoms with Crippen molar-refractivity contribution in [2.75, 3.05) is 13.4 Å². The number of carbonyl (C=O) groups excluding carboxylic acids is 1. The van der Waals surface area contributed by atoms with Gasteiger partial charge >= 0.3 is 5.97 Å². The van der Waals surface area contributed by atoms with E-state index in [0.717, 1.165) is 11.1 Å². The van der Waals surface area contributed by atoms with Crippen molar-refractivity contribution in [3.63, 3.8) is 0 Å². The van der Waals surface area contributed by atoms with Crippen molar-refractivity contribution in [1.29, 1.82) is 0 Å². The second kappa shape index (κ2) is 9.17. The van der Waals surface area contributed by atoms with Gasteiger partial charge in [-0.3, -0.25) is 9.35 Å². The van der Waals surface area contributed by atoms with Gasteiger partial charge in [-0.15, -0.1) is 0 Å². The Bertz CT molecular complexity index is 734. The molecule has 0 fully saturated rings. The van der Waals surface area contributed by atoms with Gasteiger partial charge in [0.25, 0.3) is 10.1 Å². The van der Waals surface area contributed by atoms with E-state index in [9.17, 15) is 13.2 Å². The molecule has 0 aromatic heterocycles. The predicted molar refractivity (Wildman–Crippen MR) is 93.0 cm³/mol. The standard InChI is InChI=1S/C16H17NO2.CH4O3S/c1-19-16(18)15(17)11-12-7-9-14(10-8-12)13-5-3-2-4-6-13;1-5(2,3)4/h2-10,15H,11,17H2,1H3;1H3,(H,2,3,4)/t15-;/m1./s1. The summed E-state index contributed by atoms with van der Waals surface area (Å²) in [5.41, 5.74) is 9.08. The van der Waals surface area contributed by atoms with Gasteiger partial charge in [0.05, 0.1) is 13.4 Å². The fraction of sp³-hybridized carbons (Fsp3) is 0.235. The number of methoxy groups -OCH3 is 1. The van der Waals surface area contributed by atoms with Gasteiger partial charge in [0.1, 0.15) is 6.04 Å². The lowest BCUT2D eigenvalue weighted by atomic mass is 10.0. The fourth-order valence-electron chi connectivity index (χ4n) is 1.95. The van der Waals surface area contributed by atoms with Crippen LogP contribution in [0.1, 0.15) is 5.56 Å². The smallest absolute Gasteiger partial charge is 0.322 e. The van der Waals surface area contributed by atoms with Crippen LogP contribution in [0.3, 0.4) is 0 Å². The molecule has 7 heteroatoms. The van der Waals surface area contributed by atoms with Crippen LogP contribution in [0.5, 0.6) is 0 Å². The maximum atomic E-state index is 11.3. The highest BCUT2D eigenvalue weighted by Gasteiger charge is 2.13. The SMILES string of the molecule is COC(=O)[C@H](N)Cc1ccc(-c2ccccc2)cc1.CS(=O)(=O)O. The molecule has 0 saturated heterocycles. The van der Waals surface area contributed by atoms with Gasteiger partial charge in [-0.05, 0) is 23.1 Å². The zero-order chi connectivity index (χ0) is 18.2. The topological polar surface area (TPSA) is 107 Å². The molecule has 0 aliphatic heterocycles. The van der Waals surface area contributed by atoms with Crippen molar-refractivity contribution < 1.29 is 22.5 Å².